The molecule has 0 saturated carbocycles. The molecule has 74 valence electrons. The molecule has 0 radical (unpaired) electrons. The van der Waals surface area contributed by atoms with Gasteiger partial charge in [0.2, 0.25) is 0 Å². The minimum atomic E-state index is -0.161. The van der Waals surface area contributed by atoms with Crippen LogP contribution in [0.15, 0.2) is 29.4 Å². The summed E-state index contributed by atoms with van der Waals surface area (Å²) in [4.78, 5) is 5.04. The van der Waals surface area contributed by atoms with Crippen LogP contribution < -0.4 is 0 Å². The Morgan fingerprint density at radius 3 is 2.71 bits per heavy atom. The summed E-state index contributed by atoms with van der Waals surface area (Å²) >= 11 is 0. The zero-order valence-corrected chi connectivity index (χ0v) is 8.10. The van der Waals surface area contributed by atoms with Crippen molar-refractivity contribution in [1.82, 2.24) is 0 Å². The van der Waals surface area contributed by atoms with E-state index in [4.69, 9.17) is 9.94 Å². The van der Waals surface area contributed by atoms with E-state index in [9.17, 15) is 0 Å². The molecule has 1 atom stereocenters. The normalized spacial score (nSPS) is 20.4. The topological polar surface area (TPSA) is 41.8 Å². The van der Waals surface area contributed by atoms with E-state index in [1.165, 1.54) is 5.56 Å². The summed E-state index contributed by atoms with van der Waals surface area (Å²) in [5.41, 5.74) is 3.22. The van der Waals surface area contributed by atoms with Crippen molar-refractivity contribution in [2.45, 2.75) is 19.4 Å². The van der Waals surface area contributed by atoms with Gasteiger partial charge in [-0.2, -0.15) is 0 Å². The molecule has 0 spiro atoms. The molecule has 0 amide bonds. The SMILES string of the molecule is Cc1ccc(C2=NO[C@@H](CO)C2)cc1. The van der Waals surface area contributed by atoms with Crippen LogP contribution in [0.2, 0.25) is 0 Å². The Morgan fingerprint density at radius 2 is 2.14 bits per heavy atom. The zero-order chi connectivity index (χ0) is 9.97. The predicted molar refractivity (Wildman–Crippen MR) is 54.3 cm³/mol. The van der Waals surface area contributed by atoms with Crippen LogP contribution >= 0.6 is 0 Å². The third-order valence-electron chi connectivity index (χ3n) is 2.32. The summed E-state index contributed by atoms with van der Waals surface area (Å²) in [5.74, 6) is 0. The van der Waals surface area contributed by atoms with Gasteiger partial charge in [0, 0.05) is 6.42 Å². The van der Waals surface area contributed by atoms with Crippen molar-refractivity contribution >= 4 is 5.71 Å². The van der Waals surface area contributed by atoms with Crippen LogP contribution in [0.25, 0.3) is 0 Å². The number of oxime groups is 1. The van der Waals surface area contributed by atoms with Crippen molar-refractivity contribution in [1.29, 1.82) is 0 Å². The zero-order valence-electron chi connectivity index (χ0n) is 8.10. The number of aliphatic hydroxyl groups excluding tert-OH is 1. The van der Waals surface area contributed by atoms with Crippen LogP contribution in [0.3, 0.4) is 0 Å². The lowest BCUT2D eigenvalue weighted by Crippen LogP contribution is -2.12. The molecule has 0 saturated heterocycles. The van der Waals surface area contributed by atoms with Crippen LogP contribution in [0.4, 0.5) is 0 Å². The van der Waals surface area contributed by atoms with Crippen LogP contribution in [-0.2, 0) is 4.84 Å². The van der Waals surface area contributed by atoms with Gasteiger partial charge in [0.1, 0.15) is 0 Å². The number of hydrogen-bond donors (Lipinski definition) is 1. The Hall–Kier alpha value is -1.35. The number of nitrogens with zero attached hydrogens (tertiary/aromatic N) is 1. The van der Waals surface area contributed by atoms with Gasteiger partial charge in [-0.15, -0.1) is 0 Å². The largest absolute Gasteiger partial charge is 0.392 e. The van der Waals surface area contributed by atoms with Crippen LogP contribution in [0, 0.1) is 6.92 Å². The van der Waals surface area contributed by atoms with E-state index in [1.54, 1.807) is 0 Å². The lowest BCUT2D eigenvalue weighted by Gasteiger charge is -2.01. The van der Waals surface area contributed by atoms with Crippen molar-refractivity contribution in [3.63, 3.8) is 0 Å². The Morgan fingerprint density at radius 1 is 1.43 bits per heavy atom. The first-order chi connectivity index (χ1) is 6.79. The lowest BCUT2D eigenvalue weighted by atomic mass is 10.0. The fourth-order valence-corrected chi connectivity index (χ4v) is 1.44. The van der Waals surface area contributed by atoms with Gasteiger partial charge in [0.05, 0.1) is 12.3 Å². The molecule has 1 heterocycles. The molecule has 0 aliphatic carbocycles. The molecule has 0 bridgehead atoms. The number of benzene rings is 1. The first kappa shape index (κ1) is 9.21. The van der Waals surface area contributed by atoms with Crippen LogP contribution in [-0.4, -0.2) is 23.5 Å². The second kappa shape index (κ2) is 3.80. The van der Waals surface area contributed by atoms with Crippen molar-refractivity contribution in [3.05, 3.63) is 35.4 Å². The number of aryl methyl sites for hydroxylation is 1. The molecular weight excluding hydrogens is 178 g/mol. The molecule has 1 aromatic rings. The highest BCUT2D eigenvalue weighted by Gasteiger charge is 2.20. The number of hydrogen-bond acceptors (Lipinski definition) is 3. The van der Waals surface area contributed by atoms with Gasteiger partial charge in [-0.3, -0.25) is 0 Å². The van der Waals surface area contributed by atoms with Gasteiger partial charge in [-0.25, -0.2) is 0 Å². The Kier molecular flexibility index (Phi) is 2.50. The molecule has 3 nitrogen and oxygen atoms in total. The van der Waals surface area contributed by atoms with Crippen LogP contribution in [0.1, 0.15) is 17.5 Å². The molecule has 0 unspecified atom stereocenters. The van der Waals surface area contributed by atoms with Crippen molar-refractivity contribution < 1.29 is 9.94 Å². The summed E-state index contributed by atoms with van der Waals surface area (Å²) in [6.45, 7) is 2.08. The summed E-state index contributed by atoms with van der Waals surface area (Å²) in [5, 5.41) is 12.8. The fraction of sp³-hybridized carbons (Fsp3) is 0.364. The molecule has 0 fully saturated rings. The highest BCUT2D eigenvalue weighted by atomic mass is 16.6. The van der Waals surface area contributed by atoms with Gasteiger partial charge in [-0.1, -0.05) is 35.0 Å². The summed E-state index contributed by atoms with van der Waals surface area (Å²) in [6, 6.07) is 8.14. The molecule has 3 heteroatoms. The maximum absolute atomic E-state index is 8.88. The number of aliphatic hydroxyl groups is 1. The minimum absolute atomic E-state index is 0.0266. The smallest absolute Gasteiger partial charge is 0.156 e. The van der Waals surface area contributed by atoms with Crippen molar-refractivity contribution in [3.8, 4) is 0 Å². The standard InChI is InChI=1S/C11H13NO2/c1-8-2-4-9(5-3-8)11-6-10(7-13)14-12-11/h2-5,10,13H,6-7H2,1H3/t10-/m1/s1. The second-order valence-corrected chi connectivity index (χ2v) is 3.52. The molecule has 14 heavy (non-hydrogen) atoms. The first-order valence-corrected chi connectivity index (χ1v) is 4.70. The van der Waals surface area contributed by atoms with Gasteiger partial charge in [-0.05, 0) is 12.5 Å². The molecule has 0 aromatic heterocycles. The Bertz CT molecular complexity index is 343. The van der Waals surface area contributed by atoms with E-state index in [0.29, 0.717) is 6.42 Å². The van der Waals surface area contributed by atoms with E-state index in [2.05, 4.69) is 5.16 Å². The van der Waals surface area contributed by atoms with Crippen LogP contribution in [0.5, 0.6) is 0 Å². The van der Waals surface area contributed by atoms with Gasteiger partial charge < -0.3 is 9.94 Å². The Balaban J connectivity index is 2.13. The summed E-state index contributed by atoms with van der Waals surface area (Å²) in [7, 11) is 0. The van der Waals surface area contributed by atoms with E-state index in [1.807, 2.05) is 31.2 Å². The minimum Gasteiger partial charge on any atom is -0.392 e. The fourth-order valence-electron chi connectivity index (χ4n) is 1.44. The van der Waals surface area contributed by atoms with Crippen molar-refractivity contribution in [2.24, 2.45) is 5.16 Å². The number of rotatable bonds is 2. The molecular formula is C11H13NO2. The highest BCUT2D eigenvalue weighted by Crippen LogP contribution is 2.16. The molecule has 2 rings (SSSR count). The molecule has 1 N–H and O–H groups in total. The maximum atomic E-state index is 8.88. The third kappa shape index (κ3) is 1.77. The van der Waals surface area contributed by atoms with E-state index >= 15 is 0 Å². The Labute approximate surface area is 83.0 Å². The van der Waals surface area contributed by atoms with Crippen molar-refractivity contribution in [2.75, 3.05) is 6.61 Å². The maximum Gasteiger partial charge on any atom is 0.156 e. The van der Waals surface area contributed by atoms with Gasteiger partial charge >= 0.3 is 0 Å². The quantitative estimate of drug-likeness (QED) is 0.769. The predicted octanol–water partition coefficient (Wildman–Crippen LogP) is 1.48. The first-order valence-electron chi connectivity index (χ1n) is 4.70. The summed E-state index contributed by atoms with van der Waals surface area (Å²) in [6.07, 6.45) is 0.533. The monoisotopic (exact) mass is 191 g/mol. The summed E-state index contributed by atoms with van der Waals surface area (Å²) < 4.78 is 0. The molecule has 1 aromatic carbocycles. The van der Waals surface area contributed by atoms with Gasteiger partial charge in [0.15, 0.2) is 6.10 Å². The van der Waals surface area contributed by atoms with E-state index in [-0.39, 0.29) is 12.7 Å². The van der Waals surface area contributed by atoms with E-state index in [0.717, 1.165) is 11.3 Å². The molecule has 1 aliphatic heterocycles. The highest BCUT2D eigenvalue weighted by molar-refractivity contribution is 6.01. The molecule has 1 aliphatic rings. The average molecular weight is 191 g/mol. The van der Waals surface area contributed by atoms with E-state index < -0.39 is 0 Å². The average Bonchev–Trinajstić information content (AvgIpc) is 2.67. The second-order valence-electron chi connectivity index (χ2n) is 3.52. The third-order valence-corrected chi connectivity index (χ3v) is 2.32. The van der Waals surface area contributed by atoms with Gasteiger partial charge in [0.25, 0.3) is 0 Å². The lowest BCUT2D eigenvalue weighted by molar-refractivity contribution is 0.0390.